The molecule has 0 aliphatic carbocycles. The molecule has 1 fully saturated rings. The standard InChI is InChI=1S/C24H27N3O3/c1-4-14-30-24(29)27-13-12-18-21(16-8-6-5-7-9-16)25-20-11-10-17(23(28)26(2)3)15-19(20)22(18)27/h4-11,15,18,21-22,25H,1,12-14H2,2-3H3/t18-,21?,22-/m0/s1. The molecule has 0 aromatic heterocycles. The van der Waals surface area contributed by atoms with Crippen LogP contribution in [0.25, 0.3) is 0 Å². The Morgan fingerprint density at radius 2 is 2.00 bits per heavy atom. The predicted molar refractivity (Wildman–Crippen MR) is 116 cm³/mol. The summed E-state index contributed by atoms with van der Waals surface area (Å²) in [5.74, 6) is 0.124. The van der Waals surface area contributed by atoms with Crippen LogP contribution in [0.1, 0.15) is 40.0 Å². The lowest BCUT2D eigenvalue weighted by atomic mass is 9.79. The Hall–Kier alpha value is -3.28. The summed E-state index contributed by atoms with van der Waals surface area (Å²) in [5.41, 5.74) is 3.72. The smallest absolute Gasteiger partial charge is 0.410 e. The molecule has 2 aromatic carbocycles. The fraction of sp³-hybridized carbons (Fsp3) is 0.333. The van der Waals surface area contributed by atoms with Crippen LogP contribution in [0.2, 0.25) is 0 Å². The van der Waals surface area contributed by atoms with Gasteiger partial charge in [0.2, 0.25) is 0 Å². The molecule has 2 aliphatic rings. The molecule has 0 spiro atoms. The maximum atomic E-state index is 12.8. The number of fused-ring (bicyclic) bond motifs is 3. The summed E-state index contributed by atoms with van der Waals surface area (Å²) in [5, 5.41) is 3.66. The number of carbonyl (C=O) groups is 2. The molecular formula is C24H27N3O3. The molecule has 6 nitrogen and oxygen atoms in total. The lowest BCUT2D eigenvalue weighted by molar-refractivity contribution is 0.0827. The second-order valence-corrected chi connectivity index (χ2v) is 7.99. The molecule has 2 aromatic rings. The minimum absolute atomic E-state index is 0.0571. The average Bonchev–Trinajstić information content (AvgIpc) is 3.22. The number of nitrogens with one attached hydrogen (secondary N) is 1. The summed E-state index contributed by atoms with van der Waals surface area (Å²) in [7, 11) is 3.48. The first-order valence-electron chi connectivity index (χ1n) is 10.2. The summed E-state index contributed by atoms with van der Waals surface area (Å²) in [6.45, 7) is 4.42. The Morgan fingerprint density at radius 1 is 1.23 bits per heavy atom. The van der Waals surface area contributed by atoms with Gasteiger partial charge in [-0.05, 0) is 35.7 Å². The minimum atomic E-state index is -0.341. The second-order valence-electron chi connectivity index (χ2n) is 7.99. The van der Waals surface area contributed by atoms with Crippen molar-refractivity contribution in [3.8, 4) is 0 Å². The zero-order valence-corrected chi connectivity index (χ0v) is 17.4. The maximum Gasteiger partial charge on any atom is 0.410 e. The number of likely N-dealkylation sites (tertiary alicyclic amines) is 1. The lowest BCUT2D eigenvalue weighted by Gasteiger charge is -2.40. The molecule has 156 valence electrons. The first-order valence-corrected chi connectivity index (χ1v) is 10.2. The van der Waals surface area contributed by atoms with Crippen molar-refractivity contribution in [3.05, 3.63) is 77.9 Å². The third-order valence-corrected chi connectivity index (χ3v) is 5.93. The molecule has 30 heavy (non-hydrogen) atoms. The summed E-state index contributed by atoms with van der Waals surface area (Å²) >= 11 is 0. The Bertz CT molecular complexity index is 957. The van der Waals surface area contributed by atoms with E-state index in [4.69, 9.17) is 4.74 Å². The highest BCUT2D eigenvalue weighted by Crippen LogP contribution is 2.51. The van der Waals surface area contributed by atoms with Crippen LogP contribution >= 0.6 is 0 Å². The van der Waals surface area contributed by atoms with Crippen molar-refractivity contribution >= 4 is 17.7 Å². The molecular weight excluding hydrogens is 378 g/mol. The topological polar surface area (TPSA) is 61.9 Å². The number of nitrogens with zero attached hydrogens (tertiary/aromatic N) is 2. The summed E-state index contributed by atoms with van der Waals surface area (Å²) in [6, 6.07) is 15.9. The molecule has 1 saturated heterocycles. The fourth-order valence-electron chi connectivity index (χ4n) is 4.58. The summed E-state index contributed by atoms with van der Waals surface area (Å²) < 4.78 is 5.37. The normalized spacial score (nSPS) is 21.8. The van der Waals surface area contributed by atoms with Gasteiger partial charge in [0, 0.05) is 37.8 Å². The molecule has 1 N–H and O–H groups in total. The van der Waals surface area contributed by atoms with Crippen molar-refractivity contribution in [1.82, 2.24) is 9.80 Å². The Balaban J connectivity index is 1.77. The zero-order chi connectivity index (χ0) is 21.3. The Labute approximate surface area is 177 Å². The quantitative estimate of drug-likeness (QED) is 0.773. The molecule has 0 bridgehead atoms. The monoisotopic (exact) mass is 405 g/mol. The van der Waals surface area contributed by atoms with Crippen molar-refractivity contribution in [2.45, 2.75) is 18.5 Å². The lowest BCUT2D eigenvalue weighted by Crippen LogP contribution is -2.38. The molecule has 1 unspecified atom stereocenters. The second kappa shape index (κ2) is 8.22. The van der Waals surface area contributed by atoms with Gasteiger partial charge >= 0.3 is 6.09 Å². The van der Waals surface area contributed by atoms with Gasteiger partial charge in [-0.25, -0.2) is 4.79 Å². The molecule has 0 radical (unpaired) electrons. The fourth-order valence-corrected chi connectivity index (χ4v) is 4.58. The molecule has 6 heteroatoms. The van der Waals surface area contributed by atoms with E-state index in [9.17, 15) is 9.59 Å². The molecule has 3 atom stereocenters. The largest absolute Gasteiger partial charge is 0.445 e. The van der Waals surface area contributed by atoms with Crippen LogP contribution in [-0.2, 0) is 4.74 Å². The van der Waals surface area contributed by atoms with Crippen molar-refractivity contribution in [2.75, 3.05) is 32.6 Å². The van der Waals surface area contributed by atoms with Gasteiger partial charge < -0.3 is 19.9 Å². The highest BCUT2D eigenvalue weighted by Gasteiger charge is 2.47. The Morgan fingerprint density at radius 3 is 2.70 bits per heavy atom. The van der Waals surface area contributed by atoms with Crippen molar-refractivity contribution in [2.24, 2.45) is 5.92 Å². The number of hydrogen-bond acceptors (Lipinski definition) is 4. The first-order chi connectivity index (χ1) is 14.5. The third-order valence-electron chi connectivity index (χ3n) is 5.93. The van der Waals surface area contributed by atoms with Gasteiger partial charge in [-0.1, -0.05) is 43.0 Å². The van der Waals surface area contributed by atoms with E-state index < -0.39 is 0 Å². The van der Waals surface area contributed by atoms with Crippen LogP contribution in [0, 0.1) is 5.92 Å². The van der Waals surface area contributed by atoms with Crippen LogP contribution in [0.4, 0.5) is 10.5 Å². The number of rotatable bonds is 4. The van der Waals surface area contributed by atoms with Gasteiger partial charge in [0.1, 0.15) is 6.61 Å². The van der Waals surface area contributed by atoms with Gasteiger partial charge in [0.15, 0.2) is 0 Å². The van der Waals surface area contributed by atoms with Gasteiger partial charge in [-0.2, -0.15) is 0 Å². The molecule has 4 rings (SSSR count). The number of benzene rings is 2. The number of hydrogen-bond donors (Lipinski definition) is 1. The van der Waals surface area contributed by atoms with Gasteiger partial charge in [0.05, 0.1) is 12.1 Å². The number of carbonyl (C=O) groups excluding carboxylic acids is 2. The maximum absolute atomic E-state index is 12.8. The third kappa shape index (κ3) is 3.54. The van der Waals surface area contributed by atoms with E-state index >= 15 is 0 Å². The van der Waals surface area contributed by atoms with E-state index in [0.29, 0.717) is 12.1 Å². The number of amides is 2. The molecule has 2 aliphatic heterocycles. The van der Waals surface area contributed by atoms with Crippen LogP contribution < -0.4 is 5.32 Å². The van der Waals surface area contributed by atoms with Crippen LogP contribution in [0.3, 0.4) is 0 Å². The van der Waals surface area contributed by atoms with E-state index in [-0.39, 0.29) is 36.6 Å². The minimum Gasteiger partial charge on any atom is -0.445 e. The van der Waals surface area contributed by atoms with E-state index in [1.165, 1.54) is 5.56 Å². The highest BCUT2D eigenvalue weighted by molar-refractivity contribution is 5.94. The van der Waals surface area contributed by atoms with Gasteiger partial charge in [-0.15, -0.1) is 0 Å². The van der Waals surface area contributed by atoms with Crippen molar-refractivity contribution in [3.63, 3.8) is 0 Å². The number of anilines is 1. The SMILES string of the molecule is C=CCOC(=O)N1CC[C@H]2C(c3ccccc3)Nc3ccc(C(=O)N(C)C)cc3[C@H]21. The van der Waals surface area contributed by atoms with E-state index in [1.54, 1.807) is 30.0 Å². The Kier molecular flexibility index (Phi) is 5.48. The summed E-state index contributed by atoms with van der Waals surface area (Å²) in [4.78, 5) is 28.7. The average molecular weight is 405 g/mol. The van der Waals surface area contributed by atoms with Crippen molar-refractivity contribution in [1.29, 1.82) is 0 Å². The molecule has 0 saturated carbocycles. The van der Waals surface area contributed by atoms with E-state index in [2.05, 4.69) is 24.0 Å². The molecule has 2 amide bonds. The molecule has 2 heterocycles. The zero-order valence-electron chi connectivity index (χ0n) is 17.4. The van der Waals surface area contributed by atoms with Gasteiger partial charge in [-0.3, -0.25) is 4.79 Å². The van der Waals surface area contributed by atoms with Crippen LogP contribution in [-0.4, -0.2) is 49.0 Å². The summed E-state index contributed by atoms with van der Waals surface area (Å²) in [6.07, 6.45) is 2.08. The van der Waals surface area contributed by atoms with E-state index in [1.807, 2.05) is 36.4 Å². The van der Waals surface area contributed by atoms with Crippen molar-refractivity contribution < 1.29 is 14.3 Å². The van der Waals surface area contributed by atoms with Gasteiger partial charge in [0.25, 0.3) is 5.91 Å². The predicted octanol–water partition coefficient (Wildman–Crippen LogP) is 4.24. The van der Waals surface area contributed by atoms with Crippen LogP contribution in [0.15, 0.2) is 61.2 Å². The van der Waals surface area contributed by atoms with E-state index in [0.717, 1.165) is 17.7 Å². The highest BCUT2D eigenvalue weighted by atomic mass is 16.6. The first kappa shape index (κ1) is 20.0. The number of ether oxygens (including phenoxy) is 1. The van der Waals surface area contributed by atoms with Crippen LogP contribution in [0.5, 0.6) is 0 Å².